The minimum absolute atomic E-state index is 0.0796. The number of hydrogen-bond donors (Lipinski definition) is 2. The van der Waals surface area contributed by atoms with Gasteiger partial charge in [-0.3, -0.25) is 9.89 Å². The maximum atomic E-state index is 10.6. The molecule has 0 spiro atoms. The number of hydrogen-bond acceptors (Lipinski definition) is 6. The van der Waals surface area contributed by atoms with E-state index in [0.29, 0.717) is 35.7 Å². The van der Waals surface area contributed by atoms with Crippen LogP contribution in [0.1, 0.15) is 20.3 Å². The van der Waals surface area contributed by atoms with Gasteiger partial charge in [-0.1, -0.05) is 31.7 Å². The summed E-state index contributed by atoms with van der Waals surface area (Å²) in [7, 11) is 0. The van der Waals surface area contributed by atoms with Crippen LogP contribution < -0.4 is 9.47 Å². The molecule has 0 fully saturated rings. The Labute approximate surface area is 138 Å². The van der Waals surface area contributed by atoms with Crippen molar-refractivity contribution < 1.29 is 19.4 Å². The average molecular weight is 337 g/mol. The summed E-state index contributed by atoms with van der Waals surface area (Å²) in [5.41, 5.74) is 0.754. The van der Waals surface area contributed by atoms with E-state index in [0.717, 1.165) is 23.7 Å². The smallest absolute Gasteiger partial charge is 0.313 e. The van der Waals surface area contributed by atoms with Crippen molar-refractivity contribution in [3.8, 4) is 22.9 Å². The molecule has 1 aromatic heterocycles. The highest BCUT2D eigenvalue weighted by Gasteiger charge is 2.18. The standard InChI is InChI=1S/C13H13N3O4S.C2H6/c17-10(18)7-21-13-14-12(15-16-13)8-3-1-4-9-11(8)20-6-2-5-19-9;1-2/h1,3-4H,2,5-7H2,(H,17,18)(H,14,15,16);1-2H3. The number of aromatic amines is 1. The van der Waals surface area contributed by atoms with Crippen LogP contribution in [0.2, 0.25) is 0 Å². The fourth-order valence-corrected chi connectivity index (χ4v) is 2.46. The van der Waals surface area contributed by atoms with Crippen molar-refractivity contribution in [2.45, 2.75) is 25.4 Å². The zero-order valence-electron chi connectivity index (χ0n) is 13.0. The van der Waals surface area contributed by atoms with E-state index in [4.69, 9.17) is 14.6 Å². The predicted octanol–water partition coefficient (Wildman–Crippen LogP) is 2.84. The van der Waals surface area contributed by atoms with Crippen molar-refractivity contribution in [1.82, 2.24) is 15.2 Å². The lowest BCUT2D eigenvalue weighted by Crippen LogP contribution is -1.98. The van der Waals surface area contributed by atoms with Crippen LogP contribution in [0.4, 0.5) is 0 Å². The second-order valence-electron chi connectivity index (χ2n) is 4.33. The van der Waals surface area contributed by atoms with Crippen molar-refractivity contribution >= 4 is 17.7 Å². The molecule has 0 radical (unpaired) electrons. The summed E-state index contributed by atoms with van der Waals surface area (Å²) in [6.45, 7) is 5.20. The number of nitrogens with zero attached hydrogens (tertiary/aromatic N) is 2. The number of para-hydroxylation sites is 1. The summed E-state index contributed by atoms with van der Waals surface area (Å²) < 4.78 is 11.4. The van der Waals surface area contributed by atoms with E-state index < -0.39 is 5.97 Å². The zero-order valence-corrected chi connectivity index (χ0v) is 13.9. The van der Waals surface area contributed by atoms with Crippen LogP contribution in [-0.2, 0) is 4.79 Å². The Morgan fingerprint density at radius 3 is 2.91 bits per heavy atom. The van der Waals surface area contributed by atoms with Crippen molar-refractivity contribution in [3.05, 3.63) is 18.2 Å². The van der Waals surface area contributed by atoms with Gasteiger partial charge in [0.1, 0.15) is 0 Å². The number of H-pyrrole nitrogens is 1. The van der Waals surface area contributed by atoms with Gasteiger partial charge in [-0.25, -0.2) is 4.98 Å². The maximum absolute atomic E-state index is 10.6. The number of aromatic nitrogens is 3. The molecule has 0 aliphatic carbocycles. The summed E-state index contributed by atoms with van der Waals surface area (Å²) >= 11 is 1.06. The summed E-state index contributed by atoms with van der Waals surface area (Å²) in [6.07, 6.45) is 0.824. The topological polar surface area (TPSA) is 97.3 Å². The van der Waals surface area contributed by atoms with E-state index in [-0.39, 0.29) is 5.75 Å². The fraction of sp³-hybridized carbons (Fsp3) is 0.400. The predicted molar refractivity (Wildman–Crippen MR) is 87.1 cm³/mol. The monoisotopic (exact) mass is 337 g/mol. The van der Waals surface area contributed by atoms with Gasteiger partial charge in [0.2, 0.25) is 5.16 Å². The summed E-state index contributed by atoms with van der Waals surface area (Å²) in [4.78, 5) is 14.8. The Bertz CT molecular complexity index is 660. The van der Waals surface area contributed by atoms with E-state index in [1.165, 1.54) is 0 Å². The third kappa shape index (κ3) is 4.38. The molecule has 1 aromatic carbocycles. The summed E-state index contributed by atoms with van der Waals surface area (Å²) in [5.74, 6) is 0.869. The van der Waals surface area contributed by atoms with Crippen LogP contribution in [-0.4, -0.2) is 45.2 Å². The number of thioether (sulfide) groups is 1. The quantitative estimate of drug-likeness (QED) is 0.828. The number of rotatable bonds is 4. The first-order valence-electron chi connectivity index (χ1n) is 7.40. The van der Waals surface area contributed by atoms with Crippen LogP contribution in [0.5, 0.6) is 11.5 Å². The first-order chi connectivity index (χ1) is 11.2. The molecular formula is C15H19N3O4S. The Hall–Kier alpha value is -2.22. The number of fused-ring (bicyclic) bond motifs is 1. The van der Waals surface area contributed by atoms with Gasteiger partial charge in [-0.15, -0.1) is 5.10 Å². The molecule has 3 rings (SSSR count). The highest BCUT2D eigenvalue weighted by atomic mass is 32.2. The third-order valence-corrected chi connectivity index (χ3v) is 3.65. The molecule has 2 aromatic rings. The third-order valence-electron chi connectivity index (χ3n) is 2.82. The molecule has 1 aliphatic rings. The van der Waals surface area contributed by atoms with Crippen molar-refractivity contribution in [1.29, 1.82) is 0 Å². The molecule has 0 unspecified atom stereocenters. The van der Waals surface area contributed by atoms with Gasteiger partial charge in [0.05, 0.1) is 24.5 Å². The van der Waals surface area contributed by atoms with E-state index in [1.807, 2.05) is 32.0 Å². The minimum atomic E-state index is -0.906. The number of aliphatic carboxylic acids is 1. The Morgan fingerprint density at radius 1 is 1.35 bits per heavy atom. The van der Waals surface area contributed by atoms with E-state index in [1.54, 1.807) is 0 Å². The second kappa shape index (κ2) is 8.42. The first-order valence-corrected chi connectivity index (χ1v) is 8.38. The van der Waals surface area contributed by atoms with Gasteiger partial charge in [0.25, 0.3) is 0 Å². The second-order valence-corrected chi connectivity index (χ2v) is 5.27. The van der Waals surface area contributed by atoms with E-state index in [9.17, 15) is 4.79 Å². The molecule has 124 valence electrons. The number of carbonyl (C=O) groups is 1. The molecular weight excluding hydrogens is 318 g/mol. The molecule has 0 saturated heterocycles. The Kier molecular flexibility index (Phi) is 6.28. The van der Waals surface area contributed by atoms with E-state index >= 15 is 0 Å². The Balaban J connectivity index is 0.000000924. The maximum Gasteiger partial charge on any atom is 0.313 e. The molecule has 0 atom stereocenters. The average Bonchev–Trinajstić information content (AvgIpc) is 2.91. The number of nitrogens with one attached hydrogen (secondary N) is 1. The normalized spacial score (nSPS) is 12.8. The van der Waals surface area contributed by atoms with Crippen molar-refractivity contribution in [2.24, 2.45) is 0 Å². The van der Waals surface area contributed by atoms with Crippen molar-refractivity contribution in [2.75, 3.05) is 19.0 Å². The number of carboxylic acids is 1. The van der Waals surface area contributed by atoms with Gasteiger partial charge in [0, 0.05) is 6.42 Å². The van der Waals surface area contributed by atoms with Crippen LogP contribution in [0.15, 0.2) is 23.4 Å². The van der Waals surface area contributed by atoms with Crippen LogP contribution in [0.3, 0.4) is 0 Å². The van der Waals surface area contributed by atoms with Gasteiger partial charge >= 0.3 is 5.97 Å². The highest BCUT2D eigenvalue weighted by molar-refractivity contribution is 7.99. The molecule has 2 N–H and O–H groups in total. The first kappa shape index (κ1) is 17.1. The van der Waals surface area contributed by atoms with Crippen LogP contribution in [0, 0.1) is 0 Å². The number of carboxylic acid groups (broad SMARTS) is 1. The van der Waals surface area contributed by atoms with E-state index in [2.05, 4.69) is 15.2 Å². The minimum Gasteiger partial charge on any atom is -0.490 e. The van der Waals surface area contributed by atoms with Gasteiger partial charge < -0.3 is 14.6 Å². The number of benzene rings is 1. The lowest BCUT2D eigenvalue weighted by atomic mass is 10.2. The molecule has 0 bridgehead atoms. The van der Waals surface area contributed by atoms with Gasteiger partial charge in [0.15, 0.2) is 17.3 Å². The molecule has 23 heavy (non-hydrogen) atoms. The summed E-state index contributed by atoms with van der Waals surface area (Å²) in [6, 6.07) is 5.57. The Morgan fingerprint density at radius 2 is 2.13 bits per heavy atom. The number of ether oxygens (including phenoxy) is 2. The lowest BCUT2D eigenvalue weighted by Gasteiger charge is -2.10. The highest BCUT2D eigenvalue weighted by Crippen LogP contribution is 2.38. The fourth-order valence-electron chi connectivity index (χ4n) is 1.94. The van der Waals surface area contributed by atoms with Gasteiger partial charge in [-0.2, -0.15) is 0 Å². The molecule has 1 aliphatic heterocycles. The molecule has 0 amide bonds. The SMILES string of the molecule is CC.O=C(O)CSc1n[nH]c(-c2cccc3c2OCCCO3)n1. The van der Waals surface area contributed by atoms with Crippen LogP contribution in [0.25, 0.3) is 11.4 Å². The molecule has 7 nitrogen and oxygen atoms in total. The molecule has 2 heterocycles. The lowest BCUT2D eigenvalue weighted by molar-refractivity contribution is -0.133. The summed E-state index contributed by atoms with van der Waals surface area (Å²) in [5, 5.41) is 15.9. The van der Waals surface area contributed by atoms with Crippen molar-refractivity contribution in [3.63, 3.8) is 0 Å². The van der Waals surface area contributed by atoms with Gasteiger partial charge in [-0.05, 0) is 12.1 Å². The molecule has 8 heteroatoms. The zero-order chi connectivity index (χ0) is 16.7. The van der Waals surface area contributed by atoms with Crippen LogP contribution >= 0.6 is 11.8 Å². The molecule has 0 saturated carbocycles. The largest absolute Gasteiger partial charge is 0.490 e.